The highest BCUT2D eigenvalue weighted by Crippen LogP contribution is 2.33. The van der Waals surface area contributed by atoms with Crippen molar-refractivity contribution in [3.63, 3.8) is 0 Å². The third kappa shape index (κ3) is 7.22. The van der Waals surface area contributed by atoms with E-state index in [9.17, 15) is 8.42 Å². The molecule has 0 spiro atoms. The first-order chi connectivity index (χ1) is 9.26. The van der Waals surface area contributed by atoms with Gasteiger partial charge in [0.1, 0.15) is 0 Å². The van der Waals surface area contributed by atoms with Crippen LogP contribution in [0.5, 0.6) is 0 Å². The minimum atomic E-state index is -3.25. The van der Waals surface area contributed by atoms with Gasteiger partial charge in [-0.3, -0.25) is 4.18 Å². The zero-order chi connectivity index (χ0) is 15.3. The van der Waals surface area contributed by atoms with Crippen LogP contribution >= 0.6 is 0 Å². The van der Waals surface area contributed by atoms with E-state index >= 15 is 0 Å². The molecule has 2 aliphatic rings. The molecule has 4 nitrogen and oxygen atoms in total. The van der Waals surface area contributed by atoms with Crippen molar-refractivity contribution in [2.45, 2.75) is 39.5 Å². The molecule has 0 radical (unpaired) electrons. The summed E-state index contributed by atoms with van der Waals surface area (Å²) >= 11 is 0. The predicted octanol–water partition coefficient (Wildman–Crippen LogP) is 2.73. The van der Waals surface area contributed by atoms with Gasteiger partial charge in [-0.2, -0.15) is 8.42 Å². The third-order valence-corrected chi connectivity index (χ3v) is 3.96. The van der Waals surface area contributed by atoms with Gasteiger partial charge in [0, 0.05) is 6.54 Å². The van der Waals surface area contributed by atoms with Gasteiger partial charge in [0.15, 0.2) is 0 Å². The van der Waals surface area contributed by atoms with Crippen LogP contribution in [0.15, 0.2) is 22.3 Å². The molecule has 0 aromatic rings. The van der Waals surface area contributed by atoms with Crippen molar-refractivity contribution >= 4 is 10.1 Å². The molecule has 2 aliphatic carbocycles. The van der Waals surface area contributed by atoms with Gasteiger partial charge in [-0.05, 0) is 45.4 Å². The lowest BCUT2D eigenvalue weighted by Crippen LogP contribution is -2.11. The van der Waals surface area contributed by atoms with Gasteiger partial charge in [0.25, 0.3) is 10.1 Å². The molecule has 0 amide bonds. The summed E-state index contributed by atoms with van der Waals surface area (Å²) < 4.78 is 25.6. The fraction of sp³-hybridized carbons (Fsp3) is 0.733. The zero-order valence-electron chi connectivity index (χ0n) is 13.3. The maximum absolute atomic E-state index is 10.5. The van der Waals surface area contributed by atoms with Crippen molar-refractivity contribution in [2.75, 3.05) is 33.5 Å². The Bertz CT molecular complexity index is 501. The maximum atomic E-state index is 10.5. The van der Waals surface area contributed by atoms with Crippen LogP contribution in [-0.4, -0.2) is 46.8 Å². The summed E-state index contributed by atoms with van der Waals surface area (Å²) in [5.41, 5.74) is 5.85. The van der Waals surface area contributed by atoms with Crippen LogP contribution in [0.4, 0.5) is 0 Å². The molecule has 0 heterocycles. The largest absolute Gasteiger partial charge is 0.305 e. The van der Waals surface area contributed by atoms with Crippen LogP contribution in [0.3, 0.4) is 0 Å². The fourth-order valence-electron chi connectivity index (χ4n) is 2.06. The Labute approximate surface area is 123 Å². The van der Waals surface area contributed by atoms with Crippen LogP contribution in [0.2, 0.25) is 0 Å². The van der Waals surface area contributed by atoms with Crippen molar-refractivity contribution in [1.82, 2.24) is 4.90 Å². The summed E-state index contributed by atoms with van der Waals surface area (Å²) in [6.07, 6.45) is 5.63. The summed E-state index contributed by atoms with van der Waals surface area (Å²) in [4.78, 5) is 2.23. The topological polar surface area (TPSA) is 46.6 Å². The van der Waals surface area contributed by atoms with E-state index in [4.69, 9.17) is 0 Å². The SMILES string of the molecule is CCC1=C(CN(C)C)C1.CCC1=C(COS(C)(=O)=O)C1. The van der Waals surface area contributed by atoms with Gasteiger partial charge >= 0.3 is 0 Å². The van der Waals surface area contributed by atoms with Crippen molar-refractivity contribution in [1.29, 1.82) is 0 Å². The Morgan fingerprint density at radius 1 is 1.00 bits per heavy atom. The first-order valence-corrected chi connectivity index (χ1v) is 8.97. The van der Waals surface area contributed by atoms with Crippen molar-refractivity contribution < 1.29 is 12.6 Å². The molecule has 0 atom stereocenters. The second kappa shape index (κ2) is 7.38. The molecule has 0 N–H and O–H groups in total. The third-order valence-electron chi connectivity index (χ3n) is 3.41. The molecule has 0 aromatic heterocycles. The van der Waals surface area contributed by atoms with Gasteiger partial charge in [-0.15, -0.1) is 0 Å². The zero-order valence-corrected chi connectivity index (χ0v) is 14.1. The van der Waals surface area contributed by atoms with E-state index in [2.05, 4.69) is 37.0 Å². The molecule has 0 fully saturated rings. The Hall–Kier alpha value is -0.650. The quantitative estimate of drug-likeness (QED) is 0.536. The maximum Gasteiger partial charge on any atom is 0.264 e. The smallest absolute Gasteiger partial charge is 0.264 e. The van der Waals surface area contributed by atoms with E-state index < -0.39 is 10.1 Å². The van der Waals surface area contributed by atoms with Gasteiger partial charge < -0.3 is 4.90 Å². The van der Waals surface area contributed by atoms with Crippen molar-refractivity contribution in [3.05, 3.63) is 22.3 Å². The summed E-state index contributed by atoms with van der Waals surface area (Å²) in [5, 5.41) is 0. The van der Waals surface area contributed by atoms with E-state index in [1.165, 1.54) is 25.0 Å². The summed E-state index contributed by atoms with van der Waals surface area (Å²) in [7, 11) is 1.00. The molecule has 5 heteroatoms. The molecule has 0 aromatic carbocycles. The average molecular weight is 301 g/mol. The number of allylic oxidation sites excluding steroid dienone is 2. The van der Waals surface area contributed by atoms with Crippen LogP contribution in [-0.2, 0) is 14.3 Å². The van der Waals surface area contributed by atoms with Crippen molar-refractivity contribution in [3.8, 4) is 0 Å². The van der Waals surface area contributed by atoms with Crippen LogP contribution in [0.25, 0.3) is 0 Å². The molecular weight excluding hydrogens is 274 g/mol. The highest BCUT2D eigenvalue weighted by molar-refractivity contribution is 7.86. The Balaban J connectivity index is 0.000000204. The average Bonchev–Trinajstić information content (AvgIpc) is 3.21. The first-order valence-electron chi connectivity index (χ1n) is 7.15. The Morgan fingerprint density at radius 2 is 1.50 bits per heavy atom. The molecule has 2 rings (SSSR count). The monoisotopic (exact) mass is 301 g/mol. The summed E-state index contributed by atoms with van der Waals surface area (Å²) in [6, 6.07) is 0. The summed E-state index contributed by atoms with van der Waals surface area (Å²) in [6.45, 7) is 5.74. The normalized spacial score (nSPS) is 17.3. The number of hydrogen-bond acceptors (Lipinski definition) is 4. The van der Waals surface area contributed by atoms with Gasteiger partial charge in [-0.25, -0.2) is 0 Å². The number of nitrogens with zero attached hydrogens (tertiary/aromatic N) is 1. The number of hydrogen-bond donors (Lipinski definition) is 0. The molecule has 0 bridgehead atoms. The first kappa shape index (κ1) is 17.4. The van der Waals surface area contributed by atoms with E-state index in [0.717, 1.165) is 24.7 Å². The minimum Gasteiger partial charge on any atom is -0.305 e. The van der Waals surface area contributed by atoms with E-state index in [1.54, 1.807) is 11.1 Å². The molecule has 0 saturated heterocycles. The van der Waals surface area contributed by atoms with Crippen molar-refractivity contribution in [2.24, 2.45) is 0 Å². The number of likely N-dealkylation sites (N-methyl/N-ethyl adjacent to an activating group) is 1. The van der Waals surface area contributed by atoms with Crippen LogP contribution < -0.4 is 0 Å². The Morgan fingerprint density at radius 3 is 1.85 bits per heavy atom. The van der Waals surface area contributed by atoms with Crippen LogP contribution in [0.1, 0.15) is 39.5 Å². The molecule has 20 heavy (non-hydrogen) atoms. The van der Waals surface area contributed by atoms with Gasteiger partial charge in [0.05, 0.1) is 12.9 Å². The molecular formula is C15H27NO3S. The Kier molecular flexibility index (Phi) is 6.43. The second-order valence-corrected chi connectivity index (χ2v) is 7.32. The van der Waals surface area contributed by atoms with E-state index in [-0.39, 0.29) is 6.61 Å². The standard InChI is InChI=1S/C8H15N.C7H12O3S/c1-4-7-5-8(7)6-9(2)3;1-3-6-4-7(6)5-10-11(2,8)9/h4-6H2,1-3H3;3-5H2,1-2H3. The molecule has 116 valence electrons. The van der Waals surface area contributed by atoms with E-state index in [1.807, 2.05) is 0 Å². The fourth-order valence-corrected chi connectivity index (χ4v) is 2.41. The lowest BCUT2D eigenvalue weighted by atomic mass is 10.4. The molecule has 0 aliphatic heterocycles. The van der Waals surface area contributed by atoms with Gasteiger partial charge in [-0.1, -0.05) is 30.6 Å². The predicted molar refractivity (Wildman–Crippen MR) is 83.2 cm³/mol. The van der Waals surface area contributed by atoms with Crippen LogP contribution in [0, 0.1) is 0 Å². The molecule has 0 saturated carbocycles. The lowest BCUT2D eigenvalue weighted by Gasteiger charge is -2.03. The second-order valence-electron chi connectivity index (χ2n) is 5.68. The number of rotatable bonds is 7. The molecule has 0 unspecified atom stereocenters. The highest BCUT2D eigenvalue weighted by Gasteiger charge is 2.20. The lowest BCUT2D eigenvalue weighted by molar-refractivity contribution is 0.356. The minimum absolute atomic E-state index is 0.266. The van der Waals surface area contributed by atoms with Gasteiger partial charge in [0.2, 0.25) is 0 Å². The van der Waals surface area contributed by atoms with E-state index in [0.29, 0.717) is 0 Å². The highest BCUT2D eigenvalue weighted by atomic mass is 32.2. The summed E-state index contributed by atoms with van der Waals surface area (Å²) in [5.74, 6) is 0.